The van der Waals surface area contributed by atoms with Gasteiger partial charge in [0.2, 0.25) is 11.8 Å². The number of carbonyl (C=O) groups excluding carboxylic acids is 4. The molecular formula is C33H55N5O8S. The predicted octanol–water partition coefficient (Wildman–Crippen LogP) is 3.58. The van der Waals surface area contributed by atoms with Gasteiger partial charge in [0.05, 0.1) is 6.04 Å². The number of piperidine rings is 1. The number of hydrogen-bond acceptors (Lipinski definition) is 10. The van der Waals surface area contributed by atoms with Gasteiger partial charge < -0.3 is 30.5 Å². The SMILES string of the molecule is CCC(C)C(NC(=O)C1CCCCN1C)C(=O)N(COC(=O)CC(C)C)C(CC(O)c1nc(C(=O)NCCCC(=O)O)cs1)C(C)C. The summed E-state index contributed by atoms with van der Waals surface area (Å²) in [5.74, 6) is -2.83. The number of ether oxygens (including phenoxy) is 1. The largest absolute Gasteiger partial charge is 0.481 e. The number of nitrogens with one attached hydrogen (secondary N) is 2. The van der Waals surface area contributed by atoms with E-state index in [1.54, 1.807) is 0 Å². The molecule has 4 N–H and O–H groups in total. The number of amides is 3. The number of hydrogen-bond donors (Lipinski definition) is 4. The molecule has 5 atom stereocenters. The molecule has 0 radical (unpaired) electrons. The van der Waals surface area contributed by atoms with Crippen LogP contribution in [0.2, 0.25) is 0 Å². The Bertz CT molecular complexity index is 1190. The maximum atomic E-state index is 14.4. The molecule has 1 saturated heterocycles. The standard InChI is InChI=1S/C33H55N5O8S/c1-8-22(6)29(36-31(44)24-12-9-10-15-37(24)7)33(45)38(19-46-28(42)16-20(2)3)25(21(4)5)17-26(39)32-35-23(18-47-32)30(43)34-14-11-13-27(40)41/h18,20-22,24-26,29,39H,8-17,19H2,1-7H3,(H,34,43)(H,36,44)(H,40,41). The van der Waals surface area contributed by atoms with Crippen molar-refractivity contribution in [3.05, 3.63) is 16.1 Å². The second-order valence-electron chi connectivity index (χ2n) is 13.3. The molecule has 0 saturated carbocycles. The zero-order chi connectivity index (χ0) is 35.3. The highest BCUT2D eigenvalue weighted by Gasteiger charge is 2.38. The van der Waals surface area contributed by atoms with Crippen LogP contribution in [0, 0.1) is 17.8 Å². The van der Waals surface area contributed by atoms with Crippen LogP contribution >= 0.6 is 11.3 Å². The van der Waals surface area contributed by atoms with Crippen molar-refractivity contribution in [2.45, 2.75) is 117 Å². The number of thiazole rings is 1. The molecule has 1 aliphatic heterocycles. The van der Waals surface area contributed by atoms with Gasteiger partial charge in [-0.05, 0) is 50.6 Å². The lowest BCUT2D eigenvalue weighted by Crippen LogP contribution is -2.59. The van der Waals surface area contributed by atoms with Crippen LogP contribution in [0.5, 0.6) is 0 Å². The Kier molecular flexibility index (Phi) is 16.8. The Morgan fingerprint density at radius 1 is 1.15 bits per heavy atom. The monoisotopic (exact) mass is 681 g/mol. The summed E-state index contributed by atoms with van der Waals surface area (Å²) in [6.45, 7) is 12.1. The van der Waals surface area contributed by atoms with E-state index in [1.165, 1.54) is 10.3 Å². The summed E-state index contributed by atoms with van der Waals surface area (Å²) in [5, 5.41) is 27.6. The van der Waals surface area contributed by atoms with Crippen molar-refractivity contribution >= 4 is 41.0 Å². The van der Waals surface area contributed by atoms with E-state index in [9.17, 15) is 29.1 Å². The van der Waals surface area contributed by atoms with E-state index in [-0.39, 0.29) is 79.4 Å². The smallest absolute Gasteiger partial charge is 0.307 e. The minimum atomic E-state index is -1.14. The third-order valence-corrected chi connectivity index (χ3v) is 9.55. The zero-order valence-corrected chi connectivity index (χ0v) is 29.8. The van der Waals surface area contributed by atoms with E-state index in [4.69, 9.17) is 9.84 Å². The van der Waals surface area contributed by atoms with Gasteiger partial charge in [-0.1, -0.05) is 54.4 Å². The fourth-order valence-corrected chi connectivity index (χ4v) is 6.34. The number of carboxylic acid groups (broad SMARTS) is 1. The van der Waals surface area contributed by atoms with Crippen LogP contribution in [0.25, 0.3) is 0 Å². The van der Waals surface area contributed by atoms with Gasteiger partial charge in [-0.3, -0.25) is 28.9 Å². The van der Waals surface area contributed by atoms with Gasteiger partial charge >= 0.3 is 11.9 Å². The number of likely N-dealkylation sites (N-methyl/N-ethyl adjacent to an activating group) is 1. The Morgan fingerprint density at radius 3 is 2.45 bits per heavy atom. The second-order valence-corrected chi connectivity index (χ2v) is 14.2. The van der Waals surface area contributed by atoms with E-state index in [2.05, 4.69) is 15.6 Å². The summed E-state index contributed by atoms with van der Waals surface area (Å²) in [6.07, 6.45) is 2.55. The highest BCUT2D eigenvalue weighted by molar-refractivity contribution is 7.09. The van der Waals surface area contributed by atoms with Crippen LogP contribution in [-0.2, 0) is 23.9 Å². The second kappa shape index (κ2) is 19.7. The van der Waals surface area contributed by atoms with Crippen LogP contribution in [0.3, 0.4) is 0 Å². The van der Waals surface area contributed by atoms with Gasteiger partial charge in [0.15, 0.2) is 6.73 Å². The van der Waals surface area contributed by atoms with E-state index in [1.807, 2.05) is 53.5 Å². The average Bonchev–Trinajstić information content (AvgIpc) is 3.51. The van der Waals surface area contributed by atoms with E-state index >= 15 is 0 Å². The summed E-state index contributed by atoms with van der Waals surface area (Å²) in [7, 11) is 1.91. The number of aromatic nitrogens is 1. The van der Waals surface area contributed by atoms with Crippen molar-refractivity contribution < 1.29 is 38.9 Å². The lowest BCUT2D eigenvalue weighted by Gasteiger charge is -2.39. The van der Waals surface area contributed by atoms with Gasteiger partial charge in [0.25, 0.3) is 5.91 Å². The van der Waals surface area contributed by atoms with Gasteiger partial charge in [0, 0.05) is 37.2 Å². The molecule has 0 aromatic carbocycles. The molecule has 0 bridgehead atoms. The van der Waals surface area contributed by atoms with Crippen molar-refractivity contribution in [2.24, 2.45) is 17.8 Å². The van der Waals surface area contributed by atoms with Crippen molar-refractivity contribution in [1.29, 1.82) is 0 Å². The Morgan fingerprint density at radius 2 is 1.85 bits per heavy atom. The van der Waals surface area contributed by atoms with E-state index < -0.39 is 41.9 Å². The molecule has 14 heteroatoms. The molecule has 13 nitrogen and oxygen atoms in total. The topological polar surface area (TPSA) is 178 Å². The van der Waals surface area contributed by atoms with Crippen molar-refractivity contribution in [3.8, 4) is 0 Å². The number of esters is 1. The Hall–Kier alpha value is -3.10. The third-order valence-electron chi connectivity index (χ3n) is 8.60. The Labute approximate surface area is 282 Å². The minimum Gasteiger partial charge on any atom is -0.481 e. The van der Waals surface area contributed by atoms with Gasteiger partial charge in [-0.25, -0.2) is 4.98 Å². The number of rotatable bonds is 19. The molecule has 1 aliphatic rings. The molecule has 5 unspecified atom stereocenters. The van der Waals surface area contributed by atoms with Crippen LogP contribution in [0.1, 0.15) is 115 Å². The molecule has 1 fully saturated rings. The number of aliphatic hydroxyl groups excluding tert-OH is 1. The summed E-state index contributed by atoms with van der Waals surface area (Å²) < 4.78 is 5.61. The lowest BCUT2D eigenvalue weighted by molar-refractivity contribution is -0.160. The van der Waals surface area contributed by atoms with Crippen LogP contribution in [0.15, 0.2) is 5.38 Å². The molecule has 0 spiro atoms. The minimum absolute atomic E-state index is 0.0465. The average molecular weight is 682 g/mol. The summed E-state index contributed by atoms with van der Waals surface area (Å²) >= 11 is 1.10. The summed E-state index contributed by atoms with van der Waals surface area (Å²) in [5.41, 5.74) is 0.100. The molecule has 266 valence electrons. The van der Waals surface area contributed by atoms with Crippen LogP contribution in [0.4, 0.5) is 0 Å². The summed E-state index contributed by atoms with van der Waals surface area (Å²) in [4.78, 5) is 71.6. The maximum absolute atomic E-state index is 14.4. The van der Waals surface area contributed by atoms with Gasteiger partial charge in [0.1, 0.15) is 22.8 Å². The molecule has 47 heavy (non-hydrogen) atoms. The first kappa shape index (κ1) is 40.1. The summed E-state index contributed by atoms with van der Waals surface area (Å²) in [6, 6.07) is -1.82. The normalized spacial score (nSPS) is 17.9. The molecule has 1 aromatic heterocycles. The molecule has 0 aliphatic carbocycles. The van der Waals surface area contributed by atoms with Crippen molar-refractivity contribution in [2.75, 3.05) is 26.9 Å². The molecule has 1 aromatic rings. The molecular weight excluding hydrogens is 626 g/mol. The number of nitrogens with zero attached hydrogens (tertiary/aromatic N) is 3. The van der Waals surface area contributed by atoms with E-state index in [0.29, 0.717) is 12.8 Å². The number of carboxylic acids is 1. The quantitative estimate of drug-likeness (QED) is 0.0959. The predicted molar refractivity (Wildman–Crippen MR) is 178 cm³/mol. The van der Waals surface area contributed by atoms with Crippen molar-refractivity contribution in [1.82, 2.24) is 25.4 Å². The van der Waals surface area contributed by atoms with Crippen LogP contribution in [-0.4, -0.2) is 99.7 Å². The highest BCUT2D eigenvalue weighted by Crippen LogP contribution is 2.29. The zero-order valence-electron chi connectivity index (χ0n) is 29.0. The molecule has 2 rings (SSSR count). The van der Waals surface area contributed by atoms with Gasteiger partial charge in [-0.2, -0.15) is 0 Å². The van der Waals surface area contributed by atoms with Crippen molar-refractivity contribution in [3.63, 3.8) is 0 Å². The fraction of sp³-hybridized carbons (Fsp3) is 0.758. The number of aliphatic hydroxyl groups is 1. The Balaban J connectivity index is 2.32. The number of carbonyl (C=O) groups is 5. The lowest BCUT2D eigenvalue weighted by atomic mass is 9.92. The van der Waals surface area contributed by atoms with E-state index in [0.717, 1.165) is 30.7 Å². The highest BCUT2D eigenvalue weighted by atomic mass is 32.1. The van der Waals surface area contributed by atoms with Crippen LogP contribution < -0.4 is 10.6 Å². The maximum Gasteiger partial charge on any atom is 0.307 e. The first-order valence-electron chi connectivity index (χ1n) is 16.8. The fourth-order valence-electron chi connectivity index (χ4n) is 5.54. The first-order valence-corrected chi connectivity index (χ1v) is 17.6. The number of likely N-dealkylation sites (tertiary alicyclic amines) is 1. The molecule has 2 heterocycles. The third kappa shape index (κ3) is 12.8. The number of aliphatic carboxylic acids is 1. The first-order chi connectivity index (χ1) is 22.2. The molecule has 3 amide bonds. The van der Waals surface area contributed by atoms with Gasteiger partial charge in [-0.15, -0.1) is 11.3 Å².